The lowest BCUT2D eigenvalue weighted by molar-refractivity contribution is -0.151. The highest BCUT2D eigenvalue weighted by Crippen LogP contribution is 2.51. The highest BCUT2D eigenvalue weighted by Gasteiger charge is 2.64. The lowest BCUT2D eigenvalue weighted by Gasteiger charge is -2.23. The van der Waals surface area contributed by atoms with Gasteiger partial charge < -0.3 is 16.0 Å². The molecule has 9 nitrogen and oxygen atoms in total. The average molecular weight is 526 g/mol. The van der Waals surface area contributed by atoms with Gasteiger partial charge in [0.15, 0.2) is 5.82 Å². The van der Waals surface area contributed by atoms with Crippen LogP contribution < -0.4 is 16.0 Å². The first-order valence-electron chi connectivity index (χ1n) is 12.6. The molecule has 3 N–H and O–H groups in total. The van der Waals surface area contributed by atoms with Gasteiger partial charge in [0, 0.05) is 36.3 Å². The van der Waals surface area contributed by atoms with E-state index in [2.05, 4.69) is 47.6 Å². The number of alkyl halides is 3. The molecule has 1 unspecified atom stereocenters. The summed E-state index contributed by atoms with van der Waals surface area (Å²) in [6.07, 6.45) is 2.74. The summed E-state index contributed by atoms with van der Waals surface area (Å²) in [6.45, 7) is 7.89. The van der Waals surface area contributed by atoms with Crippen molar-refractivity contribution in [2.24, 2.45) is 5.10 Å². The third kappa shape index (κ3) is 5.63. The fraction of sp³-hybridized carbons (Fsp3) is 0.423. The van der Waals surface area contributed by atoms with Crippen LogP contribution in [0, 0.1) is 0 Å². The summed E-state index contributed by atoms with van der Waals surface area (Å²) in [5.41, 5.74) is -0.0134. The molecule has 3 heterocycles. The van der Waals surface area contributed by atoms with Crippen LogP contribution in [0.1, 0.15) is 39.5 Å². The number of pyridine rings is 2. The number of hydrazone groups is 1. The first-order chi connectivity index (χ1) is 18.2. The summed E-state index contributed by atoms with van der Waals surface area (Å²) in [7, 11) is 0. The lowest BCUT2D eigenvalue weighted by Crippen LogP contribution is -2.39. The largest absolute Gasteiger partial charge is 0.411 e. The number of rotatable bonds is 11. The smallest absolute Gasteiger partial charge is 0.367 e. The number of fused-ring (bicyclic) bond motifs is 1. The standard InChI is InChI=1S/C26H30F3N9/c1-4-31-38(5-2)15-16(3)32-24-35-20-10-9-19(17-6-11-21(30-14-17)33-18-7-8-18)34-22(20)23(36-24)37-25(12-13-25)26(27,28)29/h4-6,9-11,14,16,18H,2,7-8,12-13,15H2,1,3H3,(H,30,33)(H2,32,35,36,37)/b31-4-. The molecule has 3 aromatic rings. The topological polar surface area (TPSA) is 103 Å². The Balaban J connectivity index is 1.47. The molecule has 3 aromatic heterocycles. The average Bonchev–Trinajstić information content (AvgIpc) is 3.81. The minimum atomic E-state index is -4.42. The predicted octanol–water partition coefficient (Wildman–Crippen LogP) is 5.42. The molecule has 2 aliphatic rings. The number of hydrogen-bond donors (Lipinski definition) is 3. The molecule has 0 saturated heterocycles. The van der Waals surface area contributed by atoms with Crippen LogP contribution in [0.5, 0.6) is 0 Å². The molecule has 0 spiro atoms. The van der Waals surface area contributed by atoms with Crippen molar-refractivity contribution in [2.75, 3.05) is 22.5 Å². The second kappa shape index (κ2) is 10.1. The predicted molar refractivity (Wildman–Crippen MR) is 143 cm³/mol. The summed E-state index contributed by atoms with van der Waals surface area (Å²) < 4.78 is 41.5. The van der Waals surface area contributed by atoms with E-state index < -0.39 is 11.7 Å². The van der Waals surface area contributed by atoms with E-state index in [1.807, 2.05) is 19.1 Å². The van der Waals surface area contributed by atoms with Crippen molar-refractivity contribution in [3.63, 3.8) is 0 Å². The SMILES string of the molecule is C=CN(CC(C)Nc1nc(NC2(C(F)(F)F)CC2)c2nc(-c3ccc(NC4CC4)nc3)ccc2n1)/N=C\C. The summed E-state index contributed by atoms with van der Waals surface area (Å²) in [5.74, 6) is 1.02. The normalized spacial score (nSPS) is 17.3. The maximum atomic E-state index is 13.8. The van der Waals surface area contributed by atoms with Gasteiger partial charge in [-0.2, -0.15) is 23.3 Å². The molecular weight excluding hydrogens is 495 g/mol. The molecule has 2 fully saturated rings. The minimum absolute atomic E-state index is 0.0243. The number of anilines is 3. The quantitative estimate of drug-likeness (QED) is 0.225. The summed E-state index contributed by atoms with van der Waals surface area (Å²) in [6, 6.07) is 7.58. The molecular formula is C26H30F3N9. The van der Waals surface area contributed by atoms with Crippen molar-refractivity contribution in [3.8, 4) is 11.3 Å². The van der Waals surface area contributed by atoms with Crippen LogP contribution in [0.15, 0.2) is 48.3 Å². The maximum Gasteiger partial charge on any atom is 0.411 e. The maximum absolute atomic E-state index is 13.8. The Morgan fingerprint density at radius 2 is 1.97 bits per heavy atom. The van der Waals surface area contributed by atoms with Gasteiger partial charge >= 0.3 is 6.18 Å². The Labute approximate surface area is 218 Å². The number of aromatic nitrogens is 4. The van der Waals surface area contributed by atoms with Crippen molar-refractivity contribution in [1.82, 2.24) is 24.9 Å². The highest BCUT2D eigenvalue weighted by molar-refractivity contribution is 5.88. The molecule has 2 aliphatic carbocycles. The molecule has 0 radical (unpaired) electrons. The summed E-state index contributed by atoms with van der Waals surface area (Å²) in [5, 5.41) is 15.0. The van der Waals surface area contributed by atoms with Gasteiger partial charge in [0.05, 0.1) is 17.8 Å². The zero-order valence-corrected chi connectivity index (χ0v) is 21.3. The lowest BCUT2D eigenvalue weighted by atomic mass is 10.1. The van der Waals surface area contributed by atoms with Gasteiger partial charge in [0.25, 0.3) is 0 Å². The van der Waals surface area contributed by atoms with Crippen molar-refractivity contribution < 1.29 is 13.2 Å². The molecule has 1 atom stereocenters. The van der Waals surface area contributed by atoms with E-state index in [0.717, 1.165) is 24.2 Å². The molecule has 38 heavy (non-hydrogen) atoms. The Morgan fingerprint density at radius 1 is 1.18 bits per heavy atom. The van der Waals surface area contributed by atoms with Crippen LogP contribution in [0.4, 0.5) is 30.8 Å². The van der Waals surface area contributed by atoms with Gasteiger partial charge in [-0.1, -0.05) is 6.58 Å². The van der Waals surface area contributed by atoms with Gasteiger partial charge in [-0.15, -0.1) is 0 Å². The van der Waals surface area contributed by atoms with E-state index in [1.165, 1.54) is 0 Å². The van der Waals surface area contributed by atoms with E-state index in [1.54, 1.807) is 42.7 Å². The molecule has 200 valence electrons. The van der Waals surface area contributed by atoms with Crippen LogP contribution in [-0.4, -0.2) is 61.5 Å². The molecule has 0 aromatic carbocycles. The summed E-state index contributed by atoms with van der Waals surface area (Å²) in [4.78, 5) is 18.1. The van der Waals surface area contributed by atoms with Crippen molar-refractivity contribution >= 4 is 34.8 Å². The second-order valence-corrected chi connectivity index (χ2v) is 9.74. The van der Waals surface area contributed by atoms with E-state index >= 15 is 0 Å². The molecule has 2 saturated carbocycles. The van der Waals surface area contributed by atoms with Crippen LogP contribution in [0.3, 0.4) is 0 Å². The zero-order valence-electron chi connectivity index (χ0n) is 21.3. The van der Waals surface area contributed by atoms with Gasteiger partial charge in [-0.25, -0.2) is 15.0 Å². The first-order valence-corrected chi connectivity index (χ1v) is 12.6. The summed E-state index contributed by atoms with van der Waals surface area (Å²) >= 11 is 0. The van der Waals surface area contributed by atoms with Crippen LogP contribution in [0.2, 0.25) is 0 Å². The Morgan fingerprint density at radius 3 is 2.58 bits per heavy atom. The van der Waals surface area contributed by atoms with Crippen molar-refractivity contribution in [3.05, 3.63) is 43.2 Å². The Bertz CT molecular complexity index is 1330. The van der Waals surface area contributed by atoms with Gasteiger partial charge in [0.1, 0.15) is 16.9 Å². The van der Waals surface area contributed by atoms with Gasteiger partial charge in [-0.3, -0.25) is 5.01 Å². The number of hydrogen-bond acceptors (Lipinski definition) is 9. The molecule has 0 aliphatic heterocycles. The second-order valence-electron chi connectivity index (χ2n) is 9.74. The van der Waals surface area contributed by atoms with Crippen molar-refractivity contribution in [1.29, 1.82) is 0 Å². The van der Waals surface area contributed by atoms with Crippen LogP contribution >= 0.6 is 0 Å². The molecule has 0 bridgehead atoms. The monoisotopic (exact) mass is 525 g/mol. The molecule has 5 rings (SSSR count). The fourth-order valence-electron chi connectivity index (χ4n) is 4.09. The van der Waals surface area contributed by atoms with Gasteiger partial charge in [0.2, 0.25) is 5.95 Å². The van der Waals surface area contributed by atoms with Crippen LogP contribution in [0.25, 0.3) is 22.3 Å². The number of nitrogens with one attached hydrogen (secondary N) is 3. The first kappa shape index (κ1) is 25.7. The number of nitrogens with zero attached hydrogens (tertiary/aromatic N) is 6. The minimum Gasteiger partial charge on any atom is -0.367 e. The van der Waals surface area contributed by atoms with E-state index in [0.29, 0.717) is 23.8 Å². The van der Waals surface area contributed by atoms with E-state index in [9.17, 15) is 13.2 Å². The number of halogens is 3. The third-order valence-electron chi connectivity index (χ3n) is 6.49. The van der Waals surface area contributed by atoms with E-state index in [-0.39, 0.29) is 36.2 Å². The van der Waals surface area contributed by atoms with Gasteiger partial charge in [-0.05, 0) is 63.8 Å². The van der Waals surface area contributed by atoms with Crippen molar-refractivity contribution in [2.45, 2.75) is 63.3 Å². The van der Waals surface area contributed by atoms with E-state index in [4.69, 9.17) is 0 Å². The Hall–Kier alpha value is -3.96. The molecule has 12 heteroatoms. The third-order valence-corrected chi connectivity index (χ3v) is 6.49. The van der Waals surface area contributed by atoms with Crippen LogP contribution in [-0.2, 0) is 0 Å². The fourth-order valence-corrected chi connectivity index (χ4v) is 4.09. The molecule has 0 amide bonds. The Kier molecular flexibility index (Phi) is 6.80. The highest BCUT2D eigenvalue weighted by atomic mass is 19.4. The zero-order chi connectivity index (χ0) is 26.9.